The van der Waals surface area contributed by atoms with E-state index in [0.717, 1.165) is 0 Å². The number of rotatable bonds is 5. The third-order valence-electron chi connectivity index (χ3n) is 0.766. The average Bonchev–Trinajstić information content (AvgIpc) is 1.85. The van der Waals surface area contributed by atoms with Crippen LogP contribution < -0.4 is 5.32 Å². The fourth-order valence-electron chi connectivity index (χ4n) is 0.403. The average molecular weight is 169 g/mol. The van der Waals surface area contributed by atoms with E-state index in [2.05, 4.69) is 4.74 Å². The van der Waals surface area contributed by atoms with Crippen LogP contribution in [0.2, 0.25) is 0 Å². The van der Waals surface area contributed by atoms with Crippen molar-refractivity contribution in [2.75, 3.05) is 19.8 Å². The summed E-state index contributed by atoms with van der Waals surface area (Å²) in [6.07, 6.45) is -3.69. The fraction of sp³-hybridized carbons (Fsp3) is 0.800. The second-order valence-corrected chi connectivity index (χ2v) is 1.70. The zero-order valence-electron chi connectivity index (χ0n) is 5.72. The number of hydrogen-bond donors (Lipinski definition) is 2. The topological polar surface area (TPSA) is 58.6 Å². The molecule has 0 radical (unpaired) electrons. The highest BCUT2D eigenvalue weighted by Gasteiger charge is 2.00. The Kier molecular flexibility index (Phi) is 5.36. The second kappa shape index (κ2) is 5.84. The van der Waals surface area contributed by atoms with Gasteiger partial charge in [-0.25, -0.2) is 13.6 Å². The predicted octanol–water partition coefficient (Wildman–Crippen LogP) is 0.536. The van der Waals surface area contributed by atoms with E-state index in [1.54, 1.807) is 0 Å². The van der Waals surface area contributed by atoms with Gasteiger partial charge in [-0.3, -0.25) is 0 Å². The van der Waals surface area contributed by atoms with E-state index in [1.807, 2.05) is 5.32 Å². The summed E-state index contributed by atoms with van der Waals surface area (Å²) in [4.78, 5) is 9.78. The van der Waals surface area contributed by atoms with Crippen LogP contribution in [0.4, 0.5) is 13.6 Å². The first-order valence-electron chi connectivity index (χ1n) is 2.95. The molecule has 0 fully saturated rings. The number of nitrogens with one attached hydrogen (secondary N) is 1. The van der Waals surface area contributed by atoms with Gasteiger partial charge in [-0.15, -0.1) is 0 Å². The molecule has 0 unspecified atom stereocenters. The molecule has 11 heavy (non-hydrogen) atoms. The monoisotopic (exact) mass is 169 g/mol. The van der Waals surface area contributed by atoms with E-state index in [0.29, 0.717) is 0 Å². The Balaban J connectivity index is 2.97. The Labute approximate surface area is 62.1 Å². The van der Waals surface area contributed by atoms with Crippen molar-refractivity contribution in [3.8, 4) is 0 Å². The van der Waals surface area contributed by atoms with Crippen LogP contribution in [-0.2, 0) is 4.74 Å². The van der Waals surface area contributed by atoms with Crippen LogP contribution in [0, 0.1) is 0 Å². The van der Waals surface area contributed by atoms with Crippen LogP contribution in [0.3, 0.4) is 0 Å². The van der Waals surface area contributed by atoms with E-state index in [9.17, 15) is 13.6 Å². The van der Waals surface area contributed by atoms with E-state index >= 15 is 0 Å². The molecule has 0 aliphatic rings. The standard InChI is InChI=1S/C5H9F2NO3/c6-4(7)3-11-2-1-8-5(9)10/h4,8H,1-3H2,(H,9,10). The van der Waals surface area contributed by atoms with Gasteiger partial charge in [0.2, 0.25) is 0 Å². The normalized spacial score (nSPS) is 10.1. The van der Waals surface area contributed by atoms with Gasteiger partial charge in [0.05, 0.1) is 6.61 Å². The number of carbonyl (C=O) groups is 1. The van der Waals surface area contributed by atoms with Crippen molar-refractivity contribution in [1.29, 1.82) is 0 Å². The van der Waals surface area contributed by atoms with Crippen LogP contribution in [0.25, 0.3) is 0 Å². The third kappa shape index (κ3) is 9.09. The predicted molar refractivity (Wildman–Crippen MR) is 32.9 cm³/mol. The second-order valence-electron chi connectivity index (χ2n) is 1.70. The van der Waals surface area contributed by atoms with Crippen LogP contribution in [0.5, 0.6) is 0 Å². The number of hydrogen-bond acceptors (Lipinski definition) is 2. The first-order valence-corrected chi connectivity index (χ1v) is 2.95. The van der Waals surface area contributed by atoms with E-state index < -0.39 is 19.1 Å². The van der Waals surface area contributed by atoms with Gasteiger partial charge in [-0.2, -0.15) is 0 Å². The molecule has 6 heteroatoms. The van der Waals surface area contributed by atoms with E-state index in [4.69, 9.17) is 5.11 Å². The molecule has 1 amide bonds. The summed E-state index contributed by atoms with van der Waals surface area (Å²) in [6, 6.07) is 0. The zero-order valence-corrected chi connectivity index (χ0v) is 5.72. The first kappa shape index (κ1) is 10.1. The molecule has 0 aromatic carbocycles. The van der Waals surface area contributed by atoms with Gasteiger partial charge >= 0.3 is 6.09 Å². The largest absolute Gasteiger partial charge is 0.465 e. The molecule has 0 saturated heterocycles. The SMILES string of the molecule is O=C(O)NCCOCC(F)F. The van der Waals surface area contributed by atoms with Crippen LogP contribution in [0.15, 0.2) is 0 Å². The Morgan fingerprint density at radius 2 is 2.27 bits per heavy atom. The molecule has 0 rings (SSSR count). The fourth-order valence-corrected chi connectivity index (χ4v) is 0.403. The molecule has 0 aromatic rings. The summed E-state index contributed by atoms with van der Waals surface area (Å²) in [6.45, 7) is -0.653. The Morgan fingerprint density at radius 1 is 1.64 bits per heavy atom. The summed E-state index contributed by atoms with van der Waals surface area (Å²) in [5, 5.41) is 9.97. The molecular weight excluding hydrogens is 160 g/mol. The maximum atomic E-state index is 11.4. The highest BCUT2D eigenvalue weighted by Crippen LogP contribution is 1.90. The Hall–Kier alpha value is -0.910. The lowest BCUT2D eigenvalue weighted by molar-refractivity contribution is 0.0190. The molecule has 2 N–H and O–H groups in total. The number of ether oxygens (including phenoxy) is 1. The quantitative estimate of drug-likeness (QED) is 0.590. The van der Waals surface area contributed by atoms with Crippen molar-refractivity contribution in [3.63, 3.8) is 0 Å². The summed E-state index contributed by atoms with van der Waals surface area (Å²) in [5.41, 5.74) is 0. The minimum absolute atomic E-state index is 0.0298. The molecule has 0 spiro atoms. The lowest BCUT2D eigenvalue weighted by Gasteiger charge is -2.02. The number of halogens is 2. The summed E-state index contributed by atoms with van der Waals surface area (Å²) in [5.74, 6) is 0. The van der Waals surface area contributed by atoms with Gasteiger partial charge in [0.25, 0.3) is 6.43 Å². The molecule has 66 valence electrons. The van der Waals surface area contributed by atoms with Crippen molar-refractivity contribution in [3.05, 3.63) is 0 Å². The molecule has 0 atom stereocenters. The number of carboxylic acid groups (broad SMARTS) is 1. The number of alkyl halides is 2. The maximum absolute atomic E-state index is 11.4. The summed E-state index contributed by atoms with van der Waals surface area (Å²) < 4.78 is 27.1. The van der Waals surface area contributed by atoms with Gasteiger partial charge in [-0.05, 0) is 0 Å². The maximum Gasteiger partial charge on any atom is 0.404 e. The molecule has 0 aliphatic heterocycles. The summed E-state index contributed by atoms with van der Waals surface area (Å²) >= 11 is 0. The smallest absolute Gasteiger partial charge is 0.404 e. The van der Waals surface area contributed by atoms with Crippen molar-refractivity contribution < 1.29 is 23.4 Å². The lowest BCUT2D eigenvalue weighted by Crippen LogP contribution is -2.25. The minimum atomic E-state index is -2.50. The van der Waals surface area contributed by atoms with Gasteiger partial charge in [-0.1, -0.05) is 0 Å². The van der Waals surface area contributed by atoms with E-state index in [-0.39, 0.29) is 13.2 Å². The molecule has 0 bridgehead atoms. The highest BCUT2D eigenvalue weighted by atomic mass is 19.3. The van der Waals surface area contributed by atoms with Crippen molar-refractivity contribution >= 4 is 6.09 Å². The van der Waals surface area contributed by atoms with Crippen molar-refractivity contribution in [1.82, 2.24) is 5.32 Å². The van der Waals surface area contributed by atoms with Gasteiger partial charge in [0.15, 0.2) is 0 Å². The molecule has 0 heterocycles. The van der Waals surface area contributed by atoms with Gasteiger partial charge in [0, 0.05) is 6.54 Å². The zero-order chi connectivity index (χ0) is 8.69. The van der Waals surface area contributed by atoms with Crippen LogP contribution in [-0.4, -0.2) is 37.4 Å². The molecular formula is C5H9F2NO3. The van der Waals surface area contributed by atoms with Crippen molar-refractivity contribution in [2.24, 2.45) is 0 Å². The summed E-state index contributed by atoms with van der Waals surface area (Å²) in [7, 11) is 0. The lowest BCUT2D eigenvalue weighted by atomic mass is 10.6. The van der Waals surface area contributed by atoms with Gasteiger partial charge in [0.1, 0.15) is 6.61 Å². The first-order chi connectivity index (χ1) is 5.13. The molecule has 4 nitrogen and oxygen atoms in total. The molecule has 0 aromatic heterocycles. The molecule has 0 aliphatic carbocycles. The minimum Gasteiger partial charge on any atom is -0.465 e. The van der Waals surface area contributed by atoms with Gasteiger partial charge < -0.3 is 15.2 Å². The van der Waals surface area contributed by atoms with Crippen molar-refractivity contribution in [2.45, 2.75) is 6.43 Å². The Bertz CT molecular complexity index is 120. The highest BCUT2D eigenvalue weighted by molar-refractivity contribution is 5.64. The number of amides is 1. The van der Waals surface area contributed by atoms with Crippen LogP contribution in [0.1, 0.15) is 0 Å². The van der Waals surface area contributed by atoms with E-state index in [1.165, 1.54) is 0 Å². The third-order valence-corrected chi connectivity index (χ3v) is 0.766. The Morgan fingerprint density at radius 3 is 2.73 bits per heavy atom. The molecule has 0 saturated carbocycles. The van der Waals surface area contributed by atoms with Crippen LogP contribution >= 0.6 is 0 Å².